The molecule has 3 saturated carbocycles. The van der Waals surface area contributed by atoms with Crippen molar-refractivity contribution in [2.75, 3.05) is 0 Å². The Labute approximate surface area is 160 Å². The predicted octanol–water partition coefficient (Wildman–Crippen LogP) is 4.31. The van der Waals surface area contributed by atoms with E-state index in [4.69, 9.17) is 0 Å². The van der Waals surface area contributed by atoms with Gasteiger partial charge in [-0.1, -0.05) is 0 Å². The average Bonchev–Trinajstić information content (AvgIpc) is 2.72. The van der Waals surface area contributed by atoms with Crippen LogP contribution >= 0.6 is 0 Å². The molecule has 1 N–H and O–H groups in total. The molecule has 0 bridgehead atoms. The monoisotopic (exact) mass is 521 g/mol. The fourth-order valence-electron chi connectivity index (χ4n) is 6.84. The van der Waals surface area contributed by atoms with Crippen molar-refractivity contribution >= 4 is 5.78 Å². The first-order chi connectivity index (χ1) is 11.1. The topological polar surface area (TPSA) is 37.3 Å². The summed E-state index contributed by atoms with van der Waals surface area (Å²) in [5.41, 5.74) is -0.987. The van der Waals surface area contributed by atoms with Crippen LogP contribution in [0.2, 0.25) is 2.92 Å². The molecule has 0 amide bonds. The van der Waals surface area contributed by atoms with E-state index in [9.17, 15) is 9.90 Å². The average molecular weight is 520 g/mol. The van der Waals surface area contributed by atoms with E-state index < -0.39 is 17.2 Å². The number of aliphatic hydroxyl groups excluding tert-OH is 1. The Kier molecular flexibility index (Phi) is 3.78. The SMILES string of the molecule is CC1(C)CCC2C3CCC4=CC(=O)CC[C@]4(C)[C@@]3(F)[C@@H](O)C[C@@]21[Hg]. The van der Waals surface area contributed by atoms with Crippen LogP contribution in [0.5, 0.6) is 0 Å². The van der Waals surface area contributed by atoms with Gasteiger partial charge in [0, 0.05) is 0 Å². The van der Waals surface area contributed by atoms with Crippen molar-refractivity contribution in [3.05, 3.63) is 11.6 Å². The third kappa shape index (κ3) is 1.92. The molecule has 4 aliphatic rings. The quantitative estimate of drug-likeness (QED) is 0.484. The minimum atomic E-state index is -1.55. The number of hydrogen-bond donors (Lipinski definition) is 1. The molecule has 2 nitrogen and oxygen atoms in total. The third-order valence-corrected chi connectivity index (χ3v) is 15.6. The molecule has 0 spiro atoms. The van der Waals surface area contributed by atoms with Gasteiger partial charge in [0.05, 0.1) is 0 Å². The van der Waals surface area contributed by atoms with Gasteiger partial charge in [-0.25, -0.2) is 0 Å². The molecule has 4 heteroatoms. The van der Waals surface area contributed by atoms with Crippen LogP contribution in [0.15, 0.2) is 11.6 Å². The first kappa shape index (κ1) is 17.6. The molecule has 24 heavy (non-hydrogen) atoms. The predicted molar refractivity (Wildman–Crippen MR) is 86.8 cm³/mol. The van der Waals surface area contributed by atoms with Gasteiger partial charge in [-0.2, -0.15) is 0 Å². The summed E-state index contributed by atoms with van der Waals surface area (Å²) in [5.74, 6) is 0.535. The summed E-state index contributed by atoms with van der Waals surface area (Å²) in [6.45, 7) is 6.67. The van der Waals surface area contributed by atoms with Crippen molar-refractivity contribution < 1.29 is 40.4 Å². The van der Waals surface area contributed by atoms with Crippen molar-refractivity contribution in [3.8, 4) is 0 Å². The van der Waals surface area contributed by atoms with Gasteiger partial charge in [-0.05, 0) is 0 Å². The summed E-state index contributed by atoms with van der Waals surface area (Å²) >= 11 is 0.513. The molecule has 0 saturated heterocycles. The Morgan fingerprint density at radius 2 is 1.88 bits per heavy atom. The van der Waals surface area contributed by atoms with Gasteiger partial charge < -0.3 is 0 Å². The van der Waals surface area contributed by atoms with Crippen molar-refractivity contribution in [2.24, 2.45) is 22.7 Å². The Bertz CT molecular complexity index is 629. The molecule has 4 aliphatic carbocycles. The van der Waals surface area contributed by atoms with Crippen LogP contribution in [0, 0.1) is 22.7 Å². The second-order valence-electron chi connectivity index (χ2n) is 9.79. The van der Waals surface area contributed by atoms with Crippen molar-refractivity contribution in [1.29, 1.82) is 0 Å². The Balaban J connectivity index is 1.82. The molecule has 3 fully saturated rings. The normalized spacial score (nSPS) is 53.0. The zero-order valence-corrected chi connectivity index (χ0v) is 20.7. The molecule has 0 aromatic carbocycles. The second kappa shape index (κ2) is 5.15. The van der Waals surface area contributed by atoms with E-state index in [1.165, 1.54) is 6.42 Å². The number of aliphatic hydroxyl groups is 1. The van der Waals surface area contributed by atoms with Crippen LogP contribution in [-0.2, 0) is 30.9 Å². The number of carbonyl (C=O) groups is 1. The van der Waals surface area contributed by atoms with Gasteiger partial charge in [0.1, 0.15) is 0 Å². The van der Waals surface area contributed by atoms with Gasteiger partial charge in [0.15, 0.2) is 0 Å². The summed E-state index contributed by atoms with van der Waals surface area (Å²) in [5, 5.41) is 11.1. The van der Waals surface area contributed by atoms with Crippen LogP contribution in [-0.4, -0.2) is 22.7 Å². The number of allylic oxidation sites excluding steroid dienone is 1. The van der Waals surface area contributed by atoms with Crippen molar-refractivity contribution in [3.63, 3.8) is 0 Å². The van der Waals surface area contributed by atoms with E-state index in [0.717, 1.165) is 24.8 Å². The van der Waals surface area contributed by atoms with E-state index in [1.54, 1.807) is 6.08 Å². The van der Waals surface area contributed by atoms with Gasteiger partial charge in [-0.15, -0.1) is 0 Å². The van der Waals surface area contributed by atoms with Gasteiger partial charge in [0.25, 0.3) is 0 Å². The summed E-state index contributed by atoms with van der Waals surface area (Å²) in [6.07, 6.45) is 6.39. The zero-order chi connectivity index (χ0) is 17.5. The molecule has 0 aromatic rings. The van der Waals surface area contributed by atoms with Crippen molar-refractivity contribution in [1.82, 2.24) is 0 Å². The molecule has 0 aromatic heterocycles. The van der Waals surface area contributed by atoms with E-state index >= 15 is 4.39 Å². The number of rotatable bonds is 0. The van der Waals surface area contributed by atoms with E-state index in [-0.39, 0.29) is 20.0 Å². The van der Waals surface area contributed by atoms with E-state index in [2.05, 4.69) is 13.8 Å². The molecule has 2 unspecified atom stereocenters. The minimum absolute atomic E-state index is 0.0316. The molecular weight excluding hydrogens is 492 g/mol. The van der Waals surface area contributed by atoms with E-state index in [0.29, 0.717) is 51.3 Å². The standard InChI is InChI=1S/C20H28FO2.Hg/c1-18(2)8-7-14-15-5-4-12-10-13(22)6-9-19(12,3)20(15,21)17(23)11-16(14)18;/h10,14-15,17,23H,4-9,11H2,1-3H3;/t14?,15?,17-,19-,20-;/m0./s1. The van der Waals surface area contributed by atoms with Gasteiger partial charge in [-0.3, -0.25) is 0 Å². The number of hydrogen-bond acceptors (Lipinski definition) is 2. The Morgan fingerprint density at radius 1 is 1.17 bits per heavy atom. The fourth-order valence-corrected chi connectivity index (χ4v) is 10.5. The Morgan fingerprint density at radius 3 is 2.58 bits per heavy atom. The number of carbonyl (C=O) groups excluding carboxylic acids is 1. The zero-order valence-electron chi connectivity index (χ0n) is 15.2. The summed E-state index contributed by atoms with van der Waals surface area (Å²) in [4.78, 5) is 11.9. The van der Waals surface area contributed by atoms with Crippen LogP contribution < -0.4 is 0 Å². The first-order valence-electron chi connectivity index (χ1n) is 9.52. The van der Waals surface area contributed by atoms with Crippen LogP contribution in [0.4, 0.5) is 4.39 Å². The van der Waals surface area contributed by atoms with Crippen LogP contribution in [0.25, 0.3) is 0 Å². The third-order valence-electron chi connectivity index (χ3n) is 8.69. The Hall–Kier alpha value is 0.235. The molecular formula is C20H28FHgO2. The molecule has 4 rings (SSSR count). The van der Waals surface area contributed by atoms with E-state index in [1.807, 2.05) is 6.92 Å². The number of alkyl halides is 1. The molecule has 6 atom stereocenters. The number of ketones is 1. The molecule has 0 heterocycles. The number of halogens is 1. The second-order valence-corrected chi connectivity index (χ2v) is 14.7. The summed E-state index contributed by atoms with van der Waals surface area (Å²) in [7, 11) is 0. The fraction of sp³-hybridized carbons (Fsp3) is 0.850. The number of fused-ring (bicyclic) bond motifs is 5. The molecule has 0 aliphatic heterocycles. The molecule has 129 valence electrons. The van der Waals surface area contributed by atoms with Crippen LogP contribution in [0.3, 0.4) is 0 Å². The van der Waals surface area contributed by atoms with Gasteiger partial charge in [0.2, 0.25) is 0 Å². The first-order valence-corrected chi connectivity index (χ1v) is 12.3. The van der Waals surface area contributed by atoms with Gasteiger partial charge >= 0.3 is 161 Å². The van der Waals surface area contributed by atoms with Crippen LogP contribution in [0.1, 0.15) is 65.7 Å². The summed E-state index contributed by atoms with van der Waals surface area (Å²) in [6, 6.07) is 0. The summed E-state index contributed by atoms with van der Waals surface area (Å²) < 4.78 is 16.9. The molecule has 0 radical (unpaired) electrons. The van der Waals surface area contributed by atoms with Crippen molar-refractivity contribution in [2.45, 2.75) is 80.4 Å². The maximum atomic E-state index is 16.7. The maximum absolute atomic E-state index is 16.7.